The van der Waals surface area contributed by atoms with Crippen molar-refractivity contribution in [3.05, 3.63) is 77.8 Å². The highest BCUT2D eigenvalue weighted by Crippen LogP contribution is 2.32. The highest BCUT2D eigenvalue weighted by Gasteiger charge is 2.23. The summed E-state index contributed by atoms with van der Waals surface area (Å²) < 4.78 is 32.4. The minimum Gasteiger partial charge on any atom is -0.455 e. The zero-order valence-electron chi connectivity index (χ0n) is 16.9. The van der Waals surface area contributed by atoms with Crippen molar-refractivity contribution in [3.63, 3.8) is 0 Å². The molecule has 0 heterocycles. The molecule has 0 aliphatic heterocycles. The number of nitrogens with one attached hydrogen (secondary N) is 1. The van der Waals surface area contributed by atoms with Gasteiger partial charge in [-0.25, -0.2) is 8.42 Å². The highest BCUT2D eigenvalue weighted by atomic mass is 35.5. The van der Waals surface area contributed by atoms with Gasteiger partial charge >= 0.3 is 0 Å². The summed E-state index contributed by atoms with van der Waals surface area (Å²) in [5.41, 5.74) is 0.344. The lowest BCUT2D eigenvalue weighted by molar-refractivity contribution is -0.116. The molecule has 0 fully saturated rings. The van der Waals surface area contributed by atoms with Gasteiger partial charge in [-0.15, -0.1) is 11.8 Å². The van der Waals surface area contributed by atoms with Gasteiger partial charge in [0.05, 0.1) is 17.1 Å². The molecule has 0 aliphatic carbocycles. The lowest BCUT2D eigenvalue weighted by Gasteiger charge is -2.18. The fourth-order valence-corrected chi connectivity index (χ4v) is 4.42. The van der Waals surface area contributed by atoms with Crippen molar-refractivity contribution in [1.82, 2.24) is 4.31 Å². The Balaban J connectivity index is 1.73. The Morgan fingerprint density at radius 3 is 2.39 bits per heavy atom. The fourth-order valence-electron chi connectivity index (χ4n) is 2.71. The predicted octanol–water partition coefficient (Wildman–Crippen LogP) is 5.11. The largest absolute Gasteiger partial charge is 0.455 e. The van der Waals surface area contributed by atoms with Crippen molar-refractivity contribution in [3.8, 4) is 11.5 Å². The second-order valence-corrected chi connectivity index (χ2v) is 9.90. The van der Waals surface area contributed by atoms with Crippen molar-refractivity contribution in [2.45, 2.75) is 9.79 Å². The number of halogens is 1. The number of rotatable bonds is 8. The lowest BCUT2D eigenvalue weighted by atomic mass is 10.2. The summed E-state index contributed by atoms with van der Waals surface area (Å²) in [5.74, 6) is 0.461. The molecule has 3 rings (SSSR count). The Bertz CT molecular complexity index is 1150. The fraction of sp³-hybridized carbons (Fsp3) is 0.136. The molecule has 1 amide bonds. The van der Waals surface area contributed by atoms with Crippen LogP contribution >= 0.6 is 23.4 Å². The summed E-state index contributed by atoms with van der Waals surface area (Å²) in [5, 5.41) is 3.09. The van der Waals surface area contributed by atoms with E-state index in [4.69, 9.17) is 16.3 Å². The van der Waals surface area contributed by atoms with E-state index in [9.17, 15) is 13.2 Å². The van der Waals surface area contributed by atoms with Gasteiger partial charge in [-0.1, -0.05) is 29.8 Å². The molecule has 3 aromatic rings. The first-order chi connectivity index (χ1) is 14.8. The number of nitrogens with zero attached hydrogens (tertiary/aromatic N) is 1. The molecule has 0 spiro atoms. The van der Waals surface area contributed by atoms with Gasteiger partial charge < -0.3 is 10.1 Å². The van der Waals surface area contributed by atoms with Gasteiger partial charge in [-0.3, -0.25) is 4.79 Å². The standard InChI is InChI=1S/C22H21ClN2O4S2/c1-25(31(27,28)19-11-9-18(30-2)10-12-19)15-22(26)24-20-14-16(23)8-13-21(20)29-17-6-4-3-5-7-17/h3-14H,15H2,1-2H3,(H,24,26). The van der Waals surface area contributed by atoms with Crippen molar-refractivity contribution < 1.29 is 17.9 Å². The Labute approximate surface area is 191 Å². The van der Waals surface area contributed by atoms with Gasteiger partial charge in [0.2, 0.25) is 15.9 Å². The monoisotopic (exact) mass is 476 g/mol. The van der Waals surface area contributed by atoms with Crippen molar-refractivity contribution in [2.75, 3.05) is 25.2 Å². The van der Waals surface area contributed by atoms with Crippen molar-refractivity contribution in [2.24, 2.45) is 0 Å². The summed E-state index contributed by atoms with van der Waals surface area (Å²) in [4.78, 5) is 13.7. The summed E-state index contributed by atoms with van der Waals surface area (Å²) >= 11 is 7.59. The first-order valence-electron chi connectivity index (χ1n) is 9.22. The Morgan fingerprint density at radius 2 is 1.74 bits per heavy atom. The molecule has 0 radical (unpaired) electrons. The van der Waals surface area contributed by atoms with Crippen LogP contribution in [0.3, 0.4) is 0 Å². The third-order valence-electron chi connectivity index (χ3n) is 4.32. The molecule has 0 aromatic heterocycles. The second-order valence-electron chi connectivity index (χ2n) is 6.54. The molecule has 0 unspecified atom stereocenters. The molecule has 1 N–H and O–H groups in total. The highest BCUT2D eigenvalue weighted by molar-refractivity contribution is 7.98. The zero-order chi connectivity index (χ0) is 22.4. The number of hydrogen-bond acceptors (Lipinski definition) is 5. The summed E-state index contributed by atoms with van der Waals surface area (Å²) in [6.07, 6.45) is 1.91. The van der Waals surface area contributed by atoms with Crippen molar-refractivity contribution in [1.29, 1.82) is 0 Å². The van der Waals surface area contributed by atoms with Crippen LogP contribution in [-0.4, -0.2) is 38.5 Å². The minimum absolute atomic E-state index is 0.122. The van der Waals surface area contributed by atoms with Crippen LogP contribution in [0.4, 0.5) is 5.69 Å². The number of benzene rings is 3. The van der Waals surface area contributed by atoms with Gasteiger partial charge in [0.1, 0.15) is 5.75 Å². The van der Waals surface area contributed by atoms with E-state index in [1.807, 2.05) is 24.5 Å². The van der Waals surface area contributed by atoms with Crippen LogP contribution in [0.25, 0.3) is 0 Å². The average molecular weight is 477 g/mol. The van der Waals surface area contributed by atoms with Gasteiger partial charge in [0.15, 0.2) is 5.75 Å². The topological polar surface area (TPSA) is 75.7 Å². The van der Waals surface area contributed by atoms with Crippen LogP contribution in [0.15, 0.2) is 82.6 Å². The number of para-hydroxylation sites is 1. The lowest BCUT2D eigenvalue weighted by Crippen LogP contribution is -2.35. The third kappa shape index (κ3) is 6.01. The van der Waals surface area contributed by atoms with Crippen LogP contribution < -0.4 is 10.1 Å². The zero-order valence-corrected chi connectivity index (χ0v) is 19.3. The molecule has 0 saturated heterocycles. The number of likely N-dealkylation sites (N-methyl/N-ethyl adjacent to an activating group) is 1. The maximum absolute atomic E-state index is 12.8. The van der Waals surface area contributed by atoms with Gasteiger partial charge in [-0.05, 0) is 60.9 Å². The van der Waals surface area contributed by atoms with E-state index in [1.165, 1.54) is 30.9 Å². The molecule has 0 saturated carbocycles. The summed E-state index contributed by atoms with van der Waals surface area (Å²) in [6.45, 7) is -0.371. The molecule has 0 aliphatic rings. The van der Waals surface area contributed by atoms with Gasteiger partial charge in [-0.2, -0.15) is 4.31 Å². The summed E-state index contributed by atoms with van der Waals surface area (Å²) in [7, 11) is -2.45. The van der Waals surface area contributed by atoms with Crippen LogP contribution in [0.1, 0.15) is 0 Å². The predicted molar refractivity (Wildman–Crippen MR) is 125 cm³/mol. The minimum atomic E-state index is -3.81. The van der Waals surface area contributed by atoms with Gasteiger partial charge in [0.25, 0.3) is 0 Å². The van der Waals surface area contributed by atoms with Crippen LogP contribution in [0.5, 0.6) is 11.5 Å². The maximum Gasteiger partial charge on any atom is 0.243 e. The smallest absolute Gasteiger partial charge is 0.243 e. The van der Waals surface area contributed by atoms with E-state index in [2.05, 4.69) is 5.32 Å². The Hall–Kier alpha value is -2.52. The number of amides is 1. The van der Waals surface area contributed by atoms with E-state index >= 15 is 0 Å². The van der Waals surface area contributed by atoms with E-state index in [1.54, 1.807) is 42.5 Å². The molecule has 6 nitrogen and oxygen atoms in total. The SMILES string of the molecule is CSc1ccc(S(=O)(=O)N(C)CC(=O)Nc2cc(Cl)ccc2Oc2ccccc2)cc1. The molecule has 31 heavy (non-hydrogen) atoms. The van der Waals surface area contributed by atoms with Crippen molar-refractivity contribution >= 4 is 45.0 Å². The molecule has 3 aromatic carbocycles. The van der Waals surface area contributed by atoms with Gasteiger partial charge in [0, 0.05) is 17.0 Å². The first-order valence-corrected chi connectivity index (χ1v) is 12.3. The normalized spacial score (nSPS) is 11.4. The first kappa shape index (κ1) is 23.1. The van der Waals surface area contributed by atoms with E-state index < -0.39 is 15.9 Å². The molecule has 0 atom stereocenters. The number of hydrogen-bond donors (Lipinski definition) is 1. The third-order valence-corrected chi connectivity index (χ3v) is 7.12. The summed E-state index contributed by atoms with van der Waals surface area (Å²) in [6, 6.07) is 20.4. The van der Waals surface area contributed by atoms with Crippen LogP contribution in [-0.2, 0) is 14.8 Å². The van der Waals surface area contributed by atoms with E-state index in [0.717, 1.165) is 9.20 Å². The average Bonchev–Trinajstić information content (AvgIpc) is 2.76. The number of anilines is 1. The Morgan fingerprint density at radius 1 is 1.06 bits per heavy atom. The maximum atomic E-state index is 12.8. The molecule has 162 valence electrons. The number of carbonyl (C=O) groups excluding carboxylic acids is 1. The molecular formula is C22H21ClN2O4S2. The number of ether oxygens (including phenoxy) is 1. The van der Waals surface area contributed by atoms with E-state index in [0.29, 0.717) is 22.2 Å². The van der Waals surface area contributed by atoms with Crippen LogP contribution in [0, 0.1) is 0 Å². The molecule has 9 heteroatoms. The number of carbonyl (C=O) groups is 1. The van der Waals surface area contributed by atoms with Crippen LogP contribution in [0.2, 0.25) is 5.02 Å². The number of thioether (sulfide) groups is 1. The molecule has 0 bridgehead atoms. The Kier molecular flexibility index (Phi) is 7.61. The van der Waals surface area contributed by atoms with E-state index in [-0.39, 0.29) is 11.4 Å². The number of sulfonamides is 1. The quantitative estimate of drug-likeness (QED) is 0.457. The second kappa shape index (κ2) is 10.2. The molecular weight excluding hydrogens is 456 g/mol.